The minimum Gasteiger partial charge on any atom is -0.491 e. The van der Waals surface area contributed by atoms with Crippen molar-refractivity contribution in [2.45, 2.75) is 38.9 Å². The summed E-state index contributed by atoms with van der Waals surface area (Å²) in [5.74, 6) is 0.410. The van der Waals surface area contributed by atoms with Crippen LogP contribution in [0.15, 0.2) is 48.5 Å². The molecule has 0 aromatic heterocycles. The Balaban J connectivity index is 1.46. The molecule has 1 atom stereocenters. The zero-order valence-corrected chi connectivity index (χ0v) is 17.4. The van der Waals surface area contributed by atoms with E-state index in [1.165, 1.54) is 0 Å². The number of amides is 2. The maximum absolute atomic E-state index is 12.3. The van der Waals surface area contributed by atoms with Crippen LogP contribution in [0.5, 0.6) is 5.75 Å². The Labute approximate surface area is 177 Å². The minimum atomic E-state index is -0.200. The smallest absolute Gasteiger partial charge is 0.251 e. The van der Waals surface area contributed by atoms with Gasteiger partial charge in [-0.15, -0.1) is 0 Å². The zero-order chi connectivity index (χ0) is 21.3. The van der Waals surface area contributed by atoms with Gasteiger partial charge in [-0.2, -0.15) is 0 Å². The third-order valence-corrected chi connectivity index (χ3v) is 4.60. The molecule has 3 N–H and O–H groups in total. The first-order valence-corrected chi connectivity index (χ1v) is 10.3. The van der Waals surface area contributed by atoms with Gasteiger partial charge in [-0.25, -0.2) is 0 Å². The average molecular weight is 412 g/mol. The van der Waals surface area contributed by atoms with Crippen LogP contribution >= 0.6 is 0 Å². The van der Waals surface area contributed by atoms with Crippen molar-refractivity contribution in [1.82, 2.24) is 5.32 Å². The Morgan fingerprint density at radius 1 is 1.13 bits per heavy atom. The number of rotatable bonds is 9. The van der Waals surface area contributed by atoms with Crippen LogP contribution in [0.3, 0.4) is 0 Å². The van der Waals surface area contributed by atoms with E-state index in [4.69, 9.17) is 9.47 Å². The predicted molar refractivity (Wildman–Crippen MR) is 117 cm³/mol. The van der Waals surface area contributed by atoms with Crippen molar-refractivity contribution in [2.75, 3.05) is 30.3 Å². The third kappa shape index (κ3) is 6.77. The Kier molecular flexibility index (Phi) is 7.68. The normalized spacial score (nSPS) is 15.6. The first kappa shape index (κ1) is 21.6. The van der Waals surface area contributed by atoms with Gasteiger partial charge in [-0.1, -0.05) is 6.07 Å². The zero-order valence-electron chi connectivity index (χ0n) is 17.4. The van der Waals surface area contributed by atoms with E-state index in [9.17, 15) is 9.59 Å². The molecule has 30 heavy (non-hydrogen) atoms. The lowest BCUT2D eigenvalue weighted by Crippen LogP contribution is -2.31. The minimum absolute atomic E-state index is 0.0916. The van der Waals surface area contributed by atoms with E-state index in [1.807, 2.05) is 38.1 Å². The van der Waals surface area contributed by atoms with E-state index in [-0.39, 0.29) is 30.6 Å². The van der Waals surface area contributed by atoms with Crippen molar-refractivity contribution in [3.63, 3.8) is 0 Å². The molecule has 7 heteroatoms. The molecule has 1 unspecified atom stereocenters. The van der Waals surface area contributed by atoms with Crippen molar-refractivity contribution in [2.24, 2.45) is 0 Å². The predicted octanol–water partition coefficient (Wildman–Crippen LogP) is 3.43. The Bertz CT molecular complexity index is 846. The molecule has 0 spiro atoms. The molecular formula is C23H29N3O4. The highest BCUT2D eigenvalue weighted by molar-refractivity contribution is 5.98. The highest BCUT2D eigenvalue weighted by Crippen LogP contribution is 2.17. The van der Waals surface area contributed by atoms with E-state index in [1.54, 1.807) is 24.3 Å². The van der Waals surface area contributed by atoms with Crippen molar-refractivity contribution in [3.05, 3.63) is 54.1 Å². The van der Waals surface area contributed by atoms with Gasteiger partial charge in [0.15, 0.2) is 0 Å². The Morgan fingerprint density at radius 2 is 1.93 bits per heavy atom. The summed E-state index contributed by atoms with van der Waals surface area (Å²) in [6, 6.07) is 14.3. The van der Waals surface area contributed by atoms with Crippen molar-refractivity contribution >= 4 is 23.2 Å². The van der Waals surface area contributed by atoms with Crippen LogP contribution in [0.25, 0.3) is 0 Å². The monoisotopic (exact) mass is 411 g/mol. The van der Waals surface area contributed by atoms with E-state index in [2.05, 4.69) is 16.0 Å². The standard InChI is InChI=1S/C23H29N3O4/c1-16(2)30-20-10-8-18(9-11-20)24-15-22(27)26-19-6-3-5-17(13-19)23(28)25-14-21-7-4-12-29-21/h3,5-6,8-11,13,16,21,24H,4,7,12,14-15H2,1-2H3,(H,25,28)(H,26,27). The second-order valence-electron chi connectivity index (χ2n) is 7.52. The molecule has 1 aliphatic rings. The van der Waals surface area contributed by atoms with Crippen LogP contribution in [0.1, 0.15) is 37.0 Å². The largest absolute Gasteiger partial charge is 0.491 e. The van der Waals surface area contributed by atoms with Crippen LogP contribution in [0.4, 0.5) is 11.4 Å². The molecule has 2 aromatic rings. The molecule has 2 amide bonds. The molecule has 1 saturated heterocycles. The van der Waals surface area contributed by atoms with Gasteiger partial charge in [0.05, 0.1) is 18.8 Å². The van der Waals surface area contributed by atoms with Crippen LogP contribution in [0, 0.1) is 0 Å². The molecule has 1 aliphatic heterocycles. The molecule has 2 aromatic carbocycles. The van der Waals surface area contributed by atoms with E-state index >= 15 is 0 Å². The van der Waals surface area contributed by atoms with Crippen molar-refractivity contribution in [1.29, 1.82) is 0 Å². The van der Waals surface area contributed by atoms with Gasteiger partial charge in [0.1, 0.15) is 5.75 Å². The van der Waals surface area contributed by atoms with Gasteiger partial charge in [0.25, 0.3) is 5.91 Å². The number of nitrogens with one attached hydrogen (secondary N) is 3. The molecule has 3 rings (SSSR count). The number of carbonyl (C=O) groups excluding carboxylic acids is 2. The topological polar surface area (TPSA) is 88.7 Å². The summed E-state index contributed by atoms with van der Waals surface area (Å²) in [6.07, 6.45) is 2.21. The average Bonchev–Trinajstić information content (AvgIpc) is 3.25. The van der Waals surface area contributed by atoms with Gasteiger partial charge in [-0.3, -0.25) is 9.59 Å². The molecule has 7 nitrogen and oxygen atoms in total. The Morgan fingerprint density at radius 3 is 2.63 bits per heavy atom. The lowest BCUT2D eigenvalue weighted by Gasteiger charge is -2.12. The van der Waals surface area contributed by atoms with Crippen LogP contribution in [0.2, 0.25) is 0 Å². The summed E-state index contributed by atoms with van der Waals surface area (Å²) in [4.78, 5) is 24.6. The van der Waals surface area contributed by atoms with Gasteiger partial charge in [-0.05, 0) is 69.2 Å². The number of ether oxygens (including phenoxy) is 2. The van der Waals surface area contributed by atoms with Gasteiger partial charge >= 0.3 is 0 Å². The second-order valence-corrected chi connectivity index (χ2v) is 7.52. The molecule has 0 aliphatic carbocycles. The van der Waals surface area contributed by atoms with Crippen LogP contribution in [-0.4, -0.2) is 43.7 Å². The summed E-state index contributed by atoms with van der Waals surface area (Å²) in [5.41, 5.74) is 1.90. The molecule has 160 valence electrons. The first-order chi connectivity index (χ1) is 14.5. The fourth-order valence-corrected chi connectivity index (χ4v) is 3.16. The molecular weight excluding hydrogens is 382 g/mol. The van der Waals surface area contributed by atoms with E-state index in [0.29, 0.717) is 17.8 Å². The SMILES string of the molecule is CC(C)Oc1ccc(NCC(=O)Nc2cccc(C(=O)NCC3CCCO3)c2)cc1. The summed E-state index contributed by atoms with van der Waals surface area (Å²) in [6.45, 7) is 5.31. The quantitative estimate of drug-likeness (QED) is 0.588. The molecule has 0 radical (unpaired) electrons. The number of anilines is 2. The summed E-state index contributed by atoms with van der Waals surface area (Å²) in [7, 11) is 0. The van der Waals surface area contributed by atoms with Gasteiger partial charge < -0.3 is 25.4 Å². The lowest BCUT2D eigenvalue weighted by atomic mass is 10.1. The first-order valence-electron chi connectivity index (χ1n) is 10.3. The maximum Gasteiger partial charge on any atom is 0.251 e. The van der Waals surface area contributed by atoms with Crippen molar-refractivity contribution < 1.29 is 19.1 Å². The molecule has 1 heterocycles. The third-order valence-electron chi connectivity index (χ3n) is 4.60. The van der Waals surface area contributed by atoms with E-state index in [0.717, 1.165) is 30.9 Å². The fraction of sp³-hybridized carbons (Fsp3) is 0.391. The van der Waals surface area contributed by atoms with Gasteiger partial charge in [0.2, 0.25) is 5.91 Å². The fourth-order valence-electron chi connectivity index (χ4n) is 3.16. The number of hydrogen-bond acceptors (Lipinski definition) is 5. The highest BCUT2D eigenvalue weighted by Gasteiger charge is 2.17. The van der Waals surface area contributed by atoms with Crippen LogP contribution in [-0.2, 0) is 9.53 Å². The maximum atomic E-state index is 12.3. The summed E-state index contributed by atoms with van der Waals surface area (Å²) >= 11 is 0. The van der Waals surface area contributed by atoms with Crippen molar-refractivity contribution in [3.8, 4) is 5.75 Å². The Hall–Kier alpha value is -3.06. The molecule has 1 fully saturated rings. The number of benzene rings is 2. The lowest BCUT2D eigenvalue weighted by molar-refractivity contribution is -0.114. The molecule has 0 saturated carbocycles. The number of hydrogen-bond donors (Lipinski definition) is 3. The van der Waals surface area contributed by atoms with E-state index < -0.39 is 0 Å². The highest BCUT2D eigenvalue weighted by atomic mass is 16.5. The van der Waals surface area contributed by atoms with Crippen LogP contribution < -0.4 is 20.7 Å². The number of carbonyl (C=O) groups is 2. The second kappa shape index (κ2) is 10.6. The summed E-state index contributed by atoms with van der Waals surface area (Å²) < 4.78 is 11.1. The molecule has 0 bridgehead atoms. The summed E-state index contributed by atoms with van der Waals surface area (Å²) in [5, 5.41) is 8.77. The van der Waals surface area contributed by atoms with Gasteiger partial charge in [0, 0.05) is 30.1 Å².